The van der Waals surface area contributed by atoms with Crippen LogP contribution in [-0.4, -0.2) is 59.2 Å². The van der Waals surface area contributed by atoms with Crippen LogP contribution >= 0.6 is 0 Å². The molecule has 7 nitrogen and oxygen atoms in total. The molecule has 2 aromatic heterocycles. The van der Waals surface area contributed by atoms with Crippen molar-refractivity contribution in [2.45, 2.75) is 18.4 Å². The van der Waals surface area contributed by atoms with Crippen molar-refractivity contribution in [3.05, 3.63) is 42.7 Å². The Morgan fingerprint density at radius 1 is 1.25 bits per heavy atom. The number of amides is 1. The van der Waals surface area contributed by atoms with Crippen LogP contribution in [0.4, 0.5) is 5.82 Å². The Labute approximate surface area is 140 Å². The SMILES string of the molecule is O=C(c1ccco1)N1CCO[C@]2(CCCN(c3cnccn3)C2)C1. The quantitative estimate of drug-likeness (QED) is 0.833. The summed E-state index contributed by atoms with van der Waals surface area (Å²) < 4.78 is 11.4. The molecule has 1 spiro atoms. The number of anilines is 1. The maximum atomic E-state index is 12.6. The summed E-state index contributed by atoms with van der Waals surface area (Å²) in [5.74, 6) is 1.17. The van der Waals surface area contributed by atoms with Crippen molar-refractivity contribution >= 4 is 11.7 Å². The van der Waals surface area contributed by atoms with E-state index in [0.29, 0.717) is 32.0 Å². The molecule has 2 fully saturated rings. The van der Waals surface area contributed by atoms with Crippen molar-refractivity contribution in [1.29, 1.82) is 0 Å². The molecule has 2 aliphatic rings. The number of ether oxygens (including phenoxy) is 1. The largest absolute Gasteiger partial charge is 0.459 e. The zero-order chi connectivity index (χ0) is 16.4. The number of carbonyl (C=O) groups excluding carboxylic acids is 1. The molecule has 2 aliphatic heterocycles. The molecule has 1 atom stereocenters. The molecule has 2 saturated heterocycles. The van der Waals surface area contributed by atoms with E-state index >= 15 is 0 Å². The van der Waals surface area contributed by atoms with Crippen LogP contribution in [0.1, 0.15) is 23.4 Å². The molecule has 24 heavy (non-hydrogen) atoms. The van der Waals surface area contributed by atoms with E-state index < -0.39 is 0 Å². The van der Waals surface area contributed by atoms with E-state index in [2.05, 4.69) is 14.9 Å². The van der Waals surface area contributed by atoms with Gasteiger partial charge in [-0.25, -0.2) is 4.98 Å². The highest BCUT2D eigenvalue weighted by molar-refractivity contribution is 5.91. The van der Waals surface area contributed by atoms with Gasteiger partial charge in [-0.05, 0) is 25.0 Å². The number of carbonyl (C=O) groups is 1. The monoisotopic (exact) mass is 328 g/mol. The molecule has 1 amide bonds. The fourth-order valence-corrected chi connectivity index (χ4v) is 3.57. The van der Waals surface area contributed by atoms with E-state index in [1.165, 1.54) is 6.26 Å². The van der Waals surface area contributed by atoms with Gasteiger partial charge in [-0.1, -0.05) is 0 Å². The lowest BCUT2D eigenvalue weighted by Crippen LogP contribution is -2.61. The molecule has 4 rings (SSSR count). The van der Waals surface area contributed by atoms with Gasteiger partial charge < -0.3 is 19.0 Å². The Hall–Kier alpha value is -2.41. The van der Waals surface area contributed by atoms with Crippen molar-refractivity contribution in [3.63, 3.8) is 0 Å². The normalized spacial score (nSPS) is 24.3. The number of morpholine rings is 1. The van der Waals surface area contributed by atoms with Gasteiger partial charge in [0.15, 0.2) is 5.76 Å². The first kappa shape index (κ1) is 15.1. The molecule has 0 bridgehead atoms. The Balaban J connectivity index is 1.50. The Morgan fingerprint density at radius 3 is 3.00 bits per heavy atom. The second kappa shape index (κ2) is 6.24. The van der Waals surface area contributed by atoms with Gasteiger partial charge >= 0.3 is 0 Å². The fourth-order valence-electron chi connectivity index (χ4n) is 3.57. The maximum Gasteiger partial charge on any atom is 0.289 e. The van der Waals surface area contributed by atoms with Gasteiger partial charge in [0.25, 0.3) is 5.91 Å². The van der Waals surface area contributed by atoms with Crippen molar-refractivity contribution < 1.29 is 13.9 Å². The first-order valence-electron chi connectivity index (χ1n) is 8.24. The topological polar surface area (TPSA) is 71.7 Å². The molecule has 2 aromatic rings. The number of nitrogens with zero attached hydrogens (tertiary/aromatic N) is 4. The van der Waals surface area contributed by atoms with Crippen LogP contribution in [0.15, 0.2) is 41.4 Å². The van der Waals surface area contributed by atoms with E-state index in [-0.39, 0.29) is 11.5 Å². The van der Waals surface area contributed by atoms with Gasteiger partial charge in [-0.15, -0.1) is 0 Å². The second-order valence-electron chi connectivity index (χ2n) is 6.32. The summed E-state index contributed by atoms with van der Waals surface area (Å²) in [6.45, 7) is 3.35. The summed E-state index contributed by atoms with van der Waals surface area (Å²) in [4.78, 5) is 25.1. The highest BCUT2D eigenvalue weighted by Crippen LogP contribution is 2.31. The van der Waals surface area contributed by atoms with Crippen molar-refractivity contribution in [1.82, 2.24) is 14.9 Å². The van der Waals surface area contributed by atoms with E-state index in [4.69, 9.17) is 9.15 Å². The van der Waals surface area contributed by atoms with Crippen LogP contribution in [0.2, 0.25) is 0 Å². The standard InChI is InChI=1S/C17H20N4O3/c22-16(14-3-1-9-23-14)21-8-10-24-17(13-21)4-2-7-20(12-17)15-11-18-5-6-19-15/h1,3,5-6,9,11H,2,4,7-8,10,12-13H2/t17-/m0/s1. The van der Waals surface area contributed by atoms with Crippen LogP contribution in [0.3, 0.4) is 0 Å². The number of rotatable bonds is 2. The number of hydrogen-bond acceptors (Lipinski definition) is 6. The third-order valence-corrected chi connectivity index (χ3v) is 4.68. The lowest BCUT2D eigenvalue weighted by atomic mass is 9.90. The summed E-state index contributed by atoms with van der Waals surface area (Å²) in [5, 5.41) is 0. The minimum Gasteiger partial charge on any atom is -0.459 e. The van der Waals surface area contributed by atoms with Crippen LogP contribution in [0.5, 0.6) is 0 Å². The highest BCUT2D eigenvalue weighted by Gasteiger charge is 2.42. The summed E-state index contributed by atoms with van der Waals surface area (Å²) in [6, 6.07) is 3.44. The zero-order valence-electron chi connectivity index (χ0n) is 13.4. The van der Waals surface area contributed by atoms with Crippen LogP contribution in [0, 0.1) is 0 Å². The van der Waals surface area contributed by atoms with Crippen molar-refractivity contribution in [2.75, 3.05) is 37.7 Å². The maximum absolute atomic E-state index is 12.6. The van der Waals surface area contributed by atoms with Gasteiger partial charge in [0, 0.05) is 25.5 Å². The Morgan fingerprint density at radius 2 is 2.21 bits per heavy atom. The zero-order valence-corrected chi connectivity index (χ0v) is 13.4. The smallest absolute Gasteiger partial charge is 0.289 e. The van der Waals surface area contributed by atoms with Gasteiger partial charge in [0.1, 0.15) is 11.4 Å². The third kappa shape index (κ3) is 2.87. The summed E-state index contributed by atoms with van der Waals surface area (Å²) in [5.41, 5.74) is -0.351. The summed E-state index contributed by atoms with van der Waals surface area (Å²) in [6.07, 6.45) is 8.60. The fraction of sp³-hybridized carbons (Fsp3) is 0.471. The third-order valence-electron chi connectivity index (χ3n) is 4.68. The molecule has 0 N–H and O–H groups in total. The molecular weight excluding hydrogens is 308 g/mol. The molecule has 126 valence electrons. The number of hydrogen-bond donors (Lipinski definition) is 0. The highest BCUT2D eigenvalue weighted by atomic mass is 16.5. The predicted molar refractivity (Wildman–Crippen MR) is 86.8 cm³/mol. The minimum atomic E-state index is -0.351. The van der Waals surface area contributed by atoms with Crippen LogP contribution in [0.25, 0.3) is 0 Å². The second-order valence-corrected chi connectivity index (χ2v) is 6.32. The Kier molecular flexibility index (Phi) is 3.93. The van der Waals surface area contributed by atoms with Crippen LogP contribution < -0.4 is 4.90 Å². The molecular formula is C17H20N4O3. The van der Waals surface area contributed by atoms with Crippen molar-refractivity contribution in [3.8, 4) is 0 Å². The lowest BCUT2D eigenvalue weighted by Gasteiger charge is -2.48. The first-order chi connectivity index (χ1) is 11.8. The molecule has 4 heterocycles. The molecule has 0 aliphatic carbocycles. The Bertz CT molecular complexity index is 687. The van der Waals surface area contributed by atoms with E-state index in [1.807, 2.05) is 4.90 Å². The van der Waals surface area contributed by atoms with Gasteiger partial charge in [0.05, 0.1) is 32.2 Å². The van der Waals surface area contributed by atoms with E-state index in [9.17, 15) is 4.79 Å². The van der Waals surface area contributed by atoms with Gasteiger partial charge in [-0.3, -0.25) is 9.78 Å². The predicted octanol–water partition coefficient (Wildman–Crippen LogP) is 1.58. The van der Waals surface area contributed by atoms with Crippen molar-refractivity contribution in [2.24, 2.45) is 0 Å². The average molecular weight is 328 g/mol. The summed E-state index contributed by atoms with van der Waals surface area (Å²) in [7, 11) is 0. The molecule has 0 radical (unpaired) electrons. The molecule has 0 unspecified atom stereocenters. The lowest BCUT2D eigenvalue weighted by molar-refractivity contribution is -0.105. The molecule has 0 saturated carbocycles. The summed E-state index contributed by atoms with van der Waals surface area (Å²) >= 11 is 0. The number of piperidine rings is 1. The van der Waals surface area contributed by atoms with Crippen LogP contribution in [-0.2, 0) is 4.74 Å². The van der Waals surface area contributed by atoms with Gasteiger partial charge in [-0.2, -0.15) is 0 Å². The van der Waals surface area contributed by atoms with Gasteiger partial charge in [0.2, 0.25) is 0 Å². The average Bonchev–Trinajstić information content (AvgIpc) is 3.17. The van der Waals surface area contributed by atoms with E-state index in [1.54, 1.807) is 30.7 Å². The molecule has 0 aromatic carbocycles. The number of furan rings is 1. The minimum absolute atomic E-state index is 0.0701. The molecule has 7 heteroatoms. The first-order valence-corrected chi connectivity index (χ1v) is 8.24. The van der Waals surface area contributed by atoms with E-state index in [0.717, 1.165) is 25.2 Å². The number of aromatic nitrogens is 2.